The molecule has 2 nitrogen and oxygen atoms in total. The van der Waals surface area contributed by atoms with Gasteiger partial charge in [-0.2, -0.15) is 0 Å². The van der Waals surface area contributed by atoms with E-state index in [-0.39, 0.29) is 12.4 Å². The zero-order valence-corrected chi connectivity index (χ0v) is 9.14. The van der Waals surface area contributed by atoms with Crippen molar-refractivity contribution in [3.63, 3.8) is 0 Å². The van der Waals surface area contributed by atoms with E-state index < -0.39 is 0 Å². The molecule has 1 saturated heterocycles. The van der Waals surface area contributed by atoms with Crippen LogP contribution in [0.25, 0.3) is 0 Å². The largest absolute Gasteiger partial charge is 0.350 e. The van der Waals surface area contributed by atoms with Gasteiger partial charge in [-0.15, -0.1) is 0 Å². The Morgan fingerprint density at radius 3 is 2.80 bits per heavy atom. The highest BCUT2D eigenvalue weighted by Gasteiger charge is 2.41. The van der Waals surface area contributed by atoms with Gasteiger partial charge in [-0.1, -0.05) is 24.3 Å². The lowest BCUT2D eigenvalue weighted by Crippen LogP contribution is -2.37. The quantitative estimate of drug-likeness (QED) is 0.647. The van der Waals surface area contributed by atoms with Crippen LogP contribution in [0.3, 0.4) is 0 Å². The molecule has 3 rings (SSSR count). The molecule has 0 saturated carbocycles. The molecule has 0 N–H and O–H groups in total. The number of ether oxygens (including phenoxy) is 2. The van der Waals surface area contributed by atoms with Crippen molar-refractivity contribution >= 4 is 0 Å². The molecule has 1 aliphatic carbocycles. The Balaban J connectivity index is 1.98. The Bertz CT molecular complexity index is 375. The van der Waals surface area contributed by atoms with Gasteiger partial charge >= 0.3 is 0 Å². The standard InChI is InChI=1S/C13H16O2/c1-8-12-7-10-5-3-4-6-11(10)13(12)15-9(2)14-8/h3-6,8-9,12-13H,7H2,1-2H3/t8-,9-,12+,13+/m1/s1. The Hall–Kier alpha value is -0.860. The van der Waals surface area contributed by atoms with Crippen molar-refractivity contribution in [3.8, 4) is 0 Å². The van der Waals surface area contributed by atoms with Crippen LogP contribution in [0.2, 0.25) is 0 Å². The molecule has 80 valence electrons. The summed E-state index contributed by atoms with van der Waals surface area (Å²) in [5, 5.41) is 0. The second kappa shape index (κ2) is 3.32. The Morgan fingerprint density at radius 1 is 1.13 bits per heavy atom. The van der Waals surface area contributed by atoms with Gasteiger partial charge in [-0.05, 0) is 31.4 Å². The zero-order chi connectivity index (χ0) is 10.4. The van der Waals surface area contributed by atoms with Gasteiger partial charge in [0.2, 0.25) is 0 Å². The maximum absolute atomic E-state index is 5.88. The first kappa shape index (κ1) is 9.37. The summed E-state index contributed by atoms with van der Waals surface area (Å²) >= 11 is 0. The molecule has 1 aromatic carbocycles. The van der Waals surface area contributed by atoms with Crippen LogP contribution in [0.1, 0.15) is 31.1 Å². The molecule has 1 aliphatic heterocycles. The van der Waals surface area contributed by atoms with Crippen molar-refractivity contribution in [1.29, 1.82) is 0 Å². The van der Waals surface area contributed by atoms with Crippen LogP contribution in [0.5, 0.6) is 0 Å². The third kappa shape index (κ3) is 1.40. The average molecular weight is 204 g/mol. The molecule has 1 fully saturated rings. The van der Waals surface area contributed by atoms with Gasteiger partial charge < -0.3 is 9.47 Å². The van der Waals surface area contributed by atoms with Crippen LogP contribution in [0.15, 0.2) is 24.3 Å². The summed E-state index contributed by atoms with van der Waals surface area (Å²) in [6.07, 6.45) is 1.56. The fraction of sp³-hybridized carbons (Fsp3) is 0.538. The predicted molar refractivity (Wildman–Crippen MR) is 57.5 cm³/mol. The van der Waals surface area contributed by atoms with E-state index >= 15 is 0 Å². The molecule has 0 amide bonds. The lowest BCUT2D eigenvalue weighted by molar-refractivity contribution is -0.254. The summed E-state index contributed by atoms with van der Waals surface area (Å²) in [6, 6.07) is 8.58. The van der Waals surface area contributed by atoms with Crippen molar-refractivity contribution in [2.24, 2.45) is 5.92 Å². The van der Waals surface area contributed by atoms with Crippen LogP contribution in [-0.2, 0) is 15.9 Å². The molecule has 0 aromatic heterocycles. The first-order valence-electron chi connectivity index (χ1n) is 5.64. The topological polar surface area (TPSA) is 18.5 Å². The lowest BCUT2D eigenvalue weighted by Gasteiger charge is -2.36. The van der Waals surface area contributed by atoms with E-state index in [0.717, 1.165) is 6.42 Å². The minimum Gasteiger partial charge on any atom is -0.350 e. The number of hydrogen-bond donors (Lipinski definition) is 0. The summed E-state index contributed by atoms with van der Waals surface area (Å²) in [4.78, 5) is 0. The van der Waals surface area contributed by atoms with Crippen molar-refractivity contribution in [1.82, 2.24) is 0 Å². The van der Waals surface area contributed by atoms with Crippen molar-refractivity contribution in [2.45, 2.75) is 38.8 Å². The second-order valence-electron chi connectivity index (χ2n) is 4.53. The van der Waals surface area contributed by atoms with Crippen molar-refractivity contribution in [3.05, 3.63) is 35.4 Å². The van der Waals surface area contributed by atoms with Gasteiger partial charge in [-0.25, -0.2) is 0 Å². The van der Waals surface area contributed by atoms with Crippen molar-refractivity contribution in [2.75, 3.05) is 0 Å². The minimum atomic E-state index is -0.0765. The molecule has 0 unspecified atom stereocenters. The molecule has 0 bridgehead atoms. The maximum atomic E-state index is 5.88. The molecule has 1 aromatic rings. The van der Waals surface area contributed by atoms with Gasteiger partial charge in [0, 0.05) is 5.92 Å². The number of rotatable bonds is 0. The minimum absolute atomic E-state index is 0.0765. The summed E-state index contributed by atoms with van der Waals surface area (Å²) < 4.78 is 11.6. The monoisotopic (exact) mass is 204 g/mol. The summed E-state index contributed by atoms with van der Waals surface area (Å²) in [7, 11) is 0. The fourth-order valence-corrected chi connectivity index (χ4v) is 2.82. The van der Waals surface area contributed by atoms with Gasteiger partial charge in [0.05, 0.1) is 12.2 Å². The first-order valence-corrected chi connectivity index (χ1v) is 5.64. The molecule has 15 heavy (non-hydrogen) atoms. The van der Waals surface area contributed by atoms with Crippen LogP contribution >= 0.6 is 0 Å². The average Bonchev–Trinajstić information content (AvgIpc) is 2.57. The molecular weight excluding hydrogens is 188 g/mol. The molecule has 0 radical (unpaired) electrons. The molecule has 1 heterocycles. The van der Waals surface area contributed by atoms with E-state index in [1.54, 1.807) is 0 Å². The highest BCUT2D eigenvalue weighted by atomic mass is 16.7. The number of benzene rings is 1. The summed E-state index contributed by atoms with van der Waals surface area (Å²) in [6.45, 7) is 4.14. The predicted octanol–water partition coefficient (Wildman–Crippen LogP) is 2.68. The SMILES string of the molecule is C[C@@H]1O[C@H](C)[C@@H]2Cc3ccccc3[C@@H]2O1. The Morgan fingerprint density at radius 2 is 1.93 bits per heavy atom. The molecule has 2 aliphatic rings. The fourth-order valence-electron chi connectivity index (χ4n) is 2.82. The lowest BCUT2D eigenvalue weighted by atomic mass is 9.96. The van der Waals surface area contributed by atoms with E-state index in [1.165, 1.54) is 11.1 Å². The van der Waals surface area contributed by atoms with Crippen LogP contribution in [-0.4, -0.2) is 12.4 Å². The second-order valence-corrected chi connectivity index (χ2v) is 4.53. The summed E-state index contributed by atoms with van der Waals surface area (Å²) in [5.74, 6) is 0.499. The summed E-state index contributed by atoms with van der Waals surface area (Å²) in [5.41, 5.74) is 2.79. The van der Waals surface area contributed by atoms with E-state index in [2.05, 4.69) is 31.2 Å². The van der Waals surface area contributed by atoms with Crippen LogP contribution in [0.4, 0.5) is 0 Å². The highest BCUT2D eigenvalue weighted by Crippen LogP contribution is 2.44. The van der Waals surface area contributed by atoms with Gasteiger partial charge in [0.25, 0.3) is 0 Å². The third-order valence-electron chi connectivity index (χ3n) is 3.55. The molecule has 2 heteroatoms. The van der Waals surface area contributed by atoms with Gasteiger partial charge in [0.1, 0.15) is 0 Å². The van der Waals surface area contributed by atoms with E-state index in [1.807, 2.05) is 6.92 Å². The highest BCUT2D eigenvalue weighted by molar-refractivity contribution is 5.35. The number of hydrogen-bond acceptors (Lipinski definition) is 2. The third-order valence-corrected chi connectivity index (χ3v) is 3.55. The maximum Gasteiger partial charge on any atom is 0.156 e. The smallest absolute Gasteiger partial charge is 0.156 e. The van der Waals surface area contributed by atoms with E-state index in [4.69, 9.17) is 9.47 Å². The Labute approximate surface area is 90.2 Å². The van der Waals surface area contributed by atoms with Gasteiger partial charge in [-0.3, -0.25) is 0 Å². The normalized spacial score (nSPS) is 38.5. The molecular formula is C13H16O2. The van der Waals surface area contributed by atoms with Crippen molar-refractivity contribution < 1.29 is 9.47 Å². The Kier molecular flexibility index (Phi) is 2.08. The number of fused-ring (bicyclic) bond motifs is 3. The first-order chi connectivity index (χ1) is 7.25. The molecule has 0 spiro atoms. The van der Waals surface area contributed by atoms with Crippen LogP contribution in [0, 0.1) is 5.92 Å². The van der Waals surface area contributed by atoms with Crippen LogP contribution < -0.4 is 0 Å². The van der Waals surface area contributed by atoms with E-state index in [0.29, 0.717) is 12.0 Å². The van der Waals surface area contributed by atoms with Gasteiger partial charge in [0.15, 0.2) is 6.29 Å². The van der Waals surface area contributed by atoms with E-state index in [9.17, 15) is 0 Å². The zero-order valence-electron chi connectivity index (χ0n) is 9.14. The molecule has 4 atom stereocenters.